The second-order valence-corrected chi connectivity index (χ2v) is 5.59. The minimum atomic E-state index is -0.289. The van der Waals surface area contributed by atoms with Crippen molar-refractivity contribution in [2.24, 2.45) is 0 Å². The third-order valence-electron chi connectivity index (χ3n) is 3.49. The molecule has 3 rings (SSSR count). The first-order chi connectivity index (χ1) is 8.51. The van der Waals surface area contributed by atoms with E-state index in [1.165, 1.54) is 12.1 Å². The highest BCUT2D eigenvalue weighted by molar-refractivity contribution is 5.26. The van der Waals surface area contributed by atoms with Crippen molar-refractivity contribution in [2.45, 2.75) is 31.2 Å². The molecule has 0 N–H and O–H groups in total. The highest BCUT2D eigenvalue weighted by atomic mass is 19.1. The maximum Gasteiger partial charge on any atom is 0.123 e. The van der Waals surface area contributed by atoms with Gasteiger partial charge in [0.1, 0.15) is 23.1 Å². The van der Waals surface area contributed by atoms with Crippen LogP contribution in [-0.2, 0) is 14.2 Å². The van der Waals surface area contributed by atoms with Crippen LogP contribution in [0.15, 0.2) is 24.3 Å². The molecule has 0 unspecified atom stereocenters. The van der Waals surface area contributed by atoms with Crippen molar-refractivity contribution in [3.63, 3.8) is 0 Å². The van der Waals surface area contributed by atoms with Gasteiger partial charge in [0, 0.05) is 0 Å². The van der Waals surface area contributed by atoms with Crippen molar-refractivity contribution in [2.75, 3.05) is 19.8 Å². The van der Waals surface area contributed by atoms with E-state index in [1.54, 1.807) is 12.1 Å². The van der Waals surface area contributed by atoms with Crippen LogP contribution in [0, 0.1) is 5.82 Å². The fourth-order valence-corrected chi connectivity index (χ4v) is 2.08. The maximum absolute atomic E-state index is 12.8. The molecule has 2 fully saturated rings. The number of rotatable bonds is 5. The maximum atomic E-state index is 12.8. The van der Waals surface area contributed by atoms with Gasteiger partial charge in [-0.25, -0.2) is 4.39 Å². The second kappa shape index (κ2) is 4.02. The standard InChI is InChI=1S/C14H17FO3/c1-13(8-17-13)7-16-9-14(2)12(18-14)10-3-5-11(15)6-4-10/h3-6,12H,7-9H2,1-2H3/t12-,13+,14-/m0/s1. The summed E-state index contributed by atoms with van der Waals surface area (Å²) in [6, 6.07) is 6.43. The lowest BCUT2D eigenvalue weighted by atomic mass is 10.0. The van der Waals surface area contributed by atoms with Crippen molar-refractivity contribution >= 4 is 0 Å². The molecule has 1 aromatic carbocycles. The SMILES string of the molecule is C[C@@]1(COC[C@]2(C)O[C@H]2c2ccc(F)cc2)CO1. The summed E-state index contributed by atoms with van der Waals surface area (Å²) in [4.78, 5) is 0. The molecular weight excluding hydrogens is 235 g/mol. The summed E-state index contributed by atoms with van der Waals surface area (Å²) < 4.78 is 29.4. The van der Waals surface area contributed by atoms with Gasteiger partial charge in [-0.3, -0.25) is 0 Å². The van der Waals surface area contributed by atoms with Crippen LogP contribution in [0.5, 0.6) is 0 Å². The molecule has 3 nitrogen and oxygen atoms in total. The largest absolute Gasteiger partial charge is 0.375 e. The number of ether oxygens (including phenoxy) is 3. The van der Waals surface area contributed by atoms with Gasteiger partial charge in [-0.1, -0.05) is 12.1 Å². The Morgan fingerprint density at radius 2 is 1.94 bits per heavy atom. The van der Waals surface area contributed by atoms with E-state index >= 15 is 0 Å². The number of epoxide rings is 2. The molecule has 2 aliphatic heterocycles. The number of halogens is 1. The lowest BCUT2D eigenvalue weighted by Gasteiger charge is -2.10. The van der Waals surface area contributed by atoms with E-state index in [-0.39, 0.29) is 23.1 Å². The van der Waals surface area contributed by atoms with E-state index in [1.807, 2.05) is 13.8 Å². The molecular formula is C14H17FO3. The van der Waals surface area contributed by atoms with Gasteiger partial charge in [0.15, 0.2) is 0 Å². The predicted octanol–water partition coefficient (Wildman–Crippen LogP) is 2.46. The van der Waals surface area contributed by atoms with Crippen LogP contribution in [0.1, 0.15) is 25.5 Å². The average molecular weight is 252 g/mol. The van der Waals surface area contributed by atoms with E-state index in [0.29, 0.717) is 13.2 Å². The third kappa shape index (κ3) is 2.41. The number of hydrogen-bond donors (Lipinski definition) is 0. The monoisotopic (exact) mass is 252 g/mol. The topological polar surface area (TPSA) is 34.3 Å². The van der Waals surface area contributed by atoms with Gasteiger partial charge in [-0.2, -0.15) is 0 Å². The van der Waals surface area contributed by atoms with Crippen molar-refractivity contribution in [1.29, 1.82) is 0 Å². The first-order valence-electron chi connectivity index (χ1n) is 6.16. The van der Waals surface area contributed by atoms with Gasteiger partial charge >= 0.3 is 0 Å². The van der Waals surface area contributed by atoms with E-state index < -0.39 is 0 Å². The van der Waals surface area contributed by atoms with Crippen molar-refractivity contribution in [1.82, 2.24) is 0 Å². The highest BCUT2D eigenvalue weighted by Gasteiger charge is 2.54. The van der Waals surface area contributed by atoms with E-state index in [2.05, 4.69) is 0 Å². The Bertz CT molecular complexity index is 441. The molecule has 0 aromatic heterocycles. The van der Waals surface area contributed by atoms with Gasteiger partial charge in [0.2, 0.25) is 0 Å². The summed E-state index contributed by atoms with van der Waals surface area (Å²) in [6.45, 7) is 5.94. The van der Waals surface area contributed by atoms with Crippen molar-refractivity contribution in [3.05, 3.63) is 35.6 Å². The fraction of sp³-hybridized carbons (Fsp3) is 0.571. The fourth-order valence-electron chi connectivity index (χ4n) is 2.08. The summed E-state index contributed by atoms with van der Waals surface area (Å²) in [5.41, 5.74) is 0.621. The van der Waals surface area contributed by atoms with Crippen molar-refractivity contribution < 1.29 is 18.6 Å². The molecule has 2 aliphatic rings. The number of hydrogen-bond acceptors (Lipinski definition) is 3. The molecule has 2 saturated heterocycles. The normalized spacial score (nSPS) is 37.6. The Morgan fingerprint density at radius 1 is 1.28 bits per heavy atom. The molecule has 98 valence electrons. The zero-order valence-corrected chi connectivity index (χ0v) is 10.6. The first-order valence-corrected chi connectivity index (χ1v) is 6.16. The lowest BCUT2D eigenvalue weighted by molar-refractivity contribution is 0.0520. The van der Waals surface area contributed by atoms with Crippen LogP contribution >= 0.6 is 0 Å². The molecule has 0 amide bonds. The van der Waals surface area contributed by atoms with Gasteiger partial charge in [0.25, 0.3) is 0 Å². The van der Waals surface area contributed by atoms with Gasteiger partial charge in [0.05, 0.1) is 19.8 Å². The minimum Gasteiger partial charge on any atom is -0.375 e. The van der Waals surface area contributed by atoms with E-state index in [4.69, 9.17) is 14.2 Å². The summed E-state index contributed by atoms with van der Waals surface area (Å²) >= 11 is 0. The van der Waals surface area contributed by atoms with Gasteiger partial charge in [-0.05, 0) is 31.5 Å². The van der Waals surface area contributed by atoms with E-state index in [0.717, 1.165) is 12.2 Å². The first kappa shape index (κ1) is 12.1. The van der Waals surface area contributed by atoms with Crippen LogP contribution < -0.4 is 0 Å². The lowest BCUT2D eigenvalue weighted by Crippen LogP contribution is -2.22. The summed E-state index contributed by atoms with van der Waals surface area (Å²) in [5.74, 6) is -0.226. The molecule has 0 saturated carbocycles. The molecule has 0 bridgehead atoms. The molecule has 18 heavy (non-hydrogen) atoms. The molecule has 2 heterocycles. The Morgan fingerprint density at radius 3 is 2.56 bits per heavy atom. The van der Waals surface area contributed by atoms with Gasteiger partial charge < -0.3 is 14.2 Å². The smallest absolute Gasteiger partial charge is 0.123 e. The zero-order valence-electron chi connectivity index (χ0n) is 10.6. The Kier molecular flexibility index (Phi) is 2.70. The summed E-state index contributed by atoms with van der Waals surface area (Å²) in [5, 5.41) is 0. The van der Waals surface area contributed by atoms with Crippen LogP contribution in [0.2, 0.25) is 0 Å². The summed E-state index contributed by atoms with van der Waals surface area (Å²) in [6.07, 6.45) is 0.00558. The predicted molar refractivity (Wildman–Crippen MR) is 63.8 cm³/mol. The Hall–Kier alpha value is -0.970. The van der Waals surface area contributed by atoms with Crippen LogP contribution in [-0.4, -0.2) is 31.0 Å². The molecule has 0 spiro atoms. The summed E-state index contributed by atoms with van der Waals surface area (Å²) in [7, 11) is 0. The average Bonchev–Trinajstić information content (AvgIpc) is 3.20. The Balaban J connectivity index is 1.53. The molecule has 4 heteroatoms. The Labute approximate surface area is 106 Å². The molecule has 1 aromatic rings. The highest BCUT2D eigenvalue weighted by Crippen LogP contribution is 2.49. The van der Waals surface area contributed by atoms with E-state index in [9.17, 15) is 4.39 Å². The van der Waals surface area contributed by atoms with Gasteiger partial charge in [-0.15, -0.1) is 0 Å². The second-order valence-electron chi connectivity index (χ2n) is 5.59. The molecule has 0 aliphatic carbocycles. The third-order valence-corrected chi connectivity index (χ3v) is 3.49. The van der Waals surface area contributed by atoms with Crippen LogP contribution in [0.4, 0.5) is 4.39 Å². The minimum absolute atomic E-state index is 0.00558. The number of benzene rings is 1. The zero-order chi connectivity index (χ0) is 12.8. The quantitative estimate of drug-likeness (QED) is 0.755. The van der Waals surface area contributed by atoms with Crippen LogP contribution in [0.25, 0.3) is 0 Å². The van der Waals surface area contributed by atoms with Crippen LogP contribution in [0.3, 0.4) is 0 Å². The molecule has 0 radical (unpaired) electrons. The van der Waals surface area contributed by atoms with Crippen molar-refractivity contribution in [3.8, 4) is 0 Å². The molecule has 3 atom stereocenters.